The Labute approximate surface area is 188 Å². The van der Waals surface area contributed by atoms with Gasteiger partial charge in [0.05, 0.1) is 6.54 Å². The van der Waals surface area contributed by atoms with E-state index in [0.29, 0.717) is 12.5 Å². The van der Waals surface area contributed by atoms with Crippen LogP contribution in [0.25, 0.3) is 0 Å². The second kappa shape index (κ2) is 11.3. The molecule has 0 aromatic heterocycles. The maximum atomic E-state index is 12.5. The van der Waals surface area contributed by atoms with Crippen LogP contribution in [0.1, 0.15) is 16.7 Å². The zero-order chi connectivity index (χ0) is 19.1. The third-order valence-electron chi connectivity index (χ3n) is 4.73. The number of benzene rings is 2. The average Bonchev–Trinajstić information content (AvgIpc) is 2.71. The van der Waals surface area contributed by atoms with Crippen molar-refractivity contribution < 1.29 is 4.79 Å². The van der Waals surface area contributed by atoms with E-state index in [1.165, 1.54) is 16.7 Å². The zero-order valence-corrected chi connectivity index (χ0v) is 19.0. The van der Waals surface area contributed by atoms with E-state index in [-0.39, 0.29) is 36.4 Å². The van der Waals surface area contributed by atoms with Crippen molar-refractivity contribution in [2.75, 3.05) is 26.7 Å². The highest BCUT2D eigenvalue weighted by Crippen LogP contribution is 2.18. The van der Waals surface area contributed by atoms with Crippen molar-refractivity contribution in [2.24, 2.45) is 4.99 Å². The minimum Gasteiger partial charge on any atom is -0.356 e. The monoisotopic (exact) mass is 512 g/mol. The lowest BCUT2D eigenvalue weighted by Gasteiger charge is -2.29. The molecule has 0 radical (unpaired) electrons. The van der Waals surface area contributed by atoms with Gasteiger partial charge >= 0.3 is 0 Å². The van der Waals surface area contributed by atoms with Crippen LogP contribution in [0.3, 0.4) is 0 Å². The summed E-state index contributed by atoms with van der Waals surface area (Å²) in [6, 6.07) is 16.1. The number of hydrogen-bond donors (Lipinski definition) is 2. The summed E-state index contributed by atoms with van der Waals surface area (Å²) in [5.74, 6) is 0.722. The molecular weight excluding hydrogens is 487 g/mol. The normalized spacial score (nSPS) is 13.4. The Bertz CT molecular complexity index is 810. The summed E-state index contributed by atoms with van der Waals surface area (Å²) in [6.07, 6.45) is 1.77. The SMILES string of the molecule is CN=C(NCCc1ccc(Cl)cc1)NCC(=O)N1CCc2ccccc2C1.I. The van der Waals surface area contributed by atoms with E-state index in [4.69, 9.17) is 11.6 Å². The average molecular weight is 513 g/mol. The Morgan fingerprint density at radius 1 is 1.11 bits per heavy atom. The highest BCUT2D eigenvalue weighted by molar-refractivity contribution is 14.0. The molecule has 2 aromatic rings. The second-order valence-electron chi connectivity index (χ2n) is 6.56. The fourth-order valence-electron chi connectivity index (χ4n) is 3.18. The van der Waals surface area contributed by atoms with Gasteiger partial charge in [-0.25, -0.2) is 0 Å². The van der Waals surface area contributed by atoms with E-state index in [2.05, 4.69) is 33.8 Å². The molecule has 0 fully saturated rings. The lowest BCUT2D eigenvalue weighted by Crippen LogP contribution is -2.46. The molecule has 0 aliphatic carbocycles. The summed E-state index contributed by atoms with van der Waals surface area (Å²) in [5, 5.41) is 7.09. The highest BCUT2D eigenvalue weighted by Gasteiger charge is 2.20. The van der Waals surface area contributed by atoms with Gasteiger partial charge in [-0.1, -0.05) is 48.0 Å². The molecule has 0 atom stereocenters. The first-order valence-corrected chi connectivity index (χ1v) is 9.57. The Morgan fingerprint density at radius 2 is 1.82 bits per heavy atom. The second-order valence-corrected chi connectivity index (χ2v) is 7.00. The number of nitrogens with zero attached hydrogens (tertiary/aromatic N) is 2. The number of guanidine groups is 1. The molecule has 3 rings (SSSR count). The van der Waals surface area contributed by atoms with E-state index in [1.54, 1.807) is 7.05 Å². The van der Waals surface area contributed by atoms with Crippen LogP contribution in [0.5, 0.6) is 0 Å². The number of amides is 1. The topological polar surface area (TPSA) is 56.7 Å². The van der Waals surface area contributed by atoms with Crippen molar-refractivity contribution in [1.82, 2.24) is 15.5 Å². The Balaban J connectivity index is 0.00000280. The molecule has 0 unspecified atom stereocenters. The summed E-state index contributed by atoms with van der Waals surface area (Å²) in [5.41, 5.74) is 3.78. The van der Waals surface area contributed by atoms with Gasteiger partial charge in [-0.3, -0.25) is 9.79 Å². The Kier molecular flexibility index (Phi) is 9.05. The number of hydrogen-bond acceptors (Lipinski definition) is 2. The fourth-order valence-corrected chi connectivity index (χ4v) is 3.30. The number of fused-ring (bicyclic) bond motifs is 1. The standard InChI is InChI=1S/C21H25ClN4O.HI/c1-23-21(24-12-10-16-6-8-19(22)9-7-16)25-14-20(27)26-13-11-17-4-2-3-5-18(17)15-26;/h2-9H,10-15H2,1H3,(H2,23,24,25);1H. The van der Waals surface area contributed by atoms with Crippen LogP contribution >= 0.6 is 35.6 Å². The molecule has 0 bridgehead atoms. The van der Waals surface area contributed by atoms with Gasteiger partial charge in [0.25, 0.3) is 0 Å². The molecule has 1 aliphatic heterocycles. The molecule has 7 heteroatoms. The summed E-state index contributed by atoms with van der Waals surface area (Å²) in [6.45, 7) is 2.41. The number of rotatable bonds is 5. The summed E-state index contributed by atoms with van der Waals surface area (Å²) >= 11 is 5.90. The molecule has 5 nitrogen and oxygen atoms in total. The largest absolute Gasteiger partial charge is 0.356 e. The minimum atomic E-state index is 0. The van der Waals surface area contributed by atoms with Gasteiger partial charge in [0, 0.05) is 31.7 Å². The Hall–Kier alpha value is -1.80. The van der Waals surface area contributed by atoms with E-state index >= 15 is 0 Å². The molecule has 0 saturated carbocycles. The first-order chi connectivity index (χ1) is 13.2. The van der Waals surface area contributed by atoms with Crippen LogP contribution in [0.2, 0.25) is 5.02 Å². The molecule has 2 N–H and O–H groups in total. The maximum Gasteiger partial charge on any atom is 0.242 e. The molecule has 1 heterocycles. The van der Waals surface area contributed by atoms with Gasteiger partial charge in [0.1, 0.15) is 0 Å². The molecule has 0 saturated heterocycles. The summed E-state index contributed by atoms with van der Waals surface area (Å²) in [7, 11) is 1.71. The number of carbonyl (C=O) groups excluding carboxylic acids is 1. The number of carbonyl (C=O) groups is 1. The van der Waals surface area contributed by atoms with Gasteiger partial charge < -0.3 is 15.5 Å². The number of nitrogens with one attached hydrogen (secondary N) is 2. The lowest BCUT2D eigenvalue weighted by atomic mass is 10.00. The van der Waals surface area contributed by atoms with Crippen molar-refractivity contribution in [1.29, 1.82) is 0 Å². The molecular formula is C21H26ClIN4O. The van der Waals surface area contributed by atoms with Crippen LogP contribution in [0.15, 0.2) is 53.5 Å². The third kappa shape index (κ3) is 6.38. The lowest BCUT2D eigenvalue weighted by molar-refractivity contribution is -0.130. The molecule has 1 aliphatic rings. The van der Waals surface area contributed by atoms with Crippen molar-refractivity contribution in [3.63, 3.8) is 0 Å². The number of aliphatic imine (C=N–C) groups is 1. The predicted octanol–water partition coefficient (Wildman–Crippen LogP) is 3.25. The van der Waals surface area contributed by atoms with Crippen LogP contribution in [0.4, 0.5) is 0 Å². The predicted molar refractivity (Wildman–Crippen MR) is 125 cm³/mol. The summed E-state index contributed by atoms with van der Waals surface area (Å²) < 4.78 is 0. The van der Waals surface area contributed by atoms with Crippen molar-refractivity contribution >= 4 is 47.4 Å². The van der Waals surface area contributed by atoms with Gasteiger partial charge in [0.15, 0.2) is 5.96 Å². The molecule has 1 amide bonds. The van der Waals surface area contributed by atoms with Gasteiger partial charge in [-0.2, -0.15) is 0 Å². The molecule has 28 heavy (non-hydrogen) atoms. The van der Waals surface area contributed by atoms with E-state index in [1.807, 2.05) is 35.2 Å². The van der Waals surface area contributed by atoms with Gasteiger partial charge in [-0.05, 0) is 41.7 Å². The quantitative estimate of drug-likeness (QED) is 0.367. The van der Waals surface area contributed by atoms with Crippen molar-refractivity contribution in [2.45, 2.75) is 19.4 Å². The van der Waals surface area contributed by atoms with Crippen LogP contribution < -0.4 is 10.6 Å². The maximum absolute atomic E-state index is 12.5. The highest BCUT2D eigenvalue weighted by atomic mass is 127. The number of halogens is 2. The van der Waals surface area contributed by atoms with Gasteiger partial charge in [-0.15, -0.1) is 24.0 Å². The smallest absolute Gasteiger partial charge is 0.242 e. The van der Waals surface area contributed by atoms with Crippen molar-refractivity contribution in [3.8, 4) is 0 Å². The fraction of sp³-hybridized carbons (Fsp3) is 0.333. The first kappa shape index (κ1) is 22.5. The van der Waals surface area contributed by atoms with Crippen LogP contribution in [0, 0.1) is 0 Å². The molecule has 150 valence electrons. The Morgan fingerprint density at radius 3 is 2.54 bits per heavy atom. The van der Waals surface area contributed by atoms with E-state index in [0.717, 1.165) is 31.0 Å². The van der Waals surface area contributed by atoms with E-state index in [9.17, 15) is 4.79 Å². The molecule has 2 aromatic carbocycles. The zero-order valence-electron chi connectivity index (χ0n) is 16.0. The van der Waals surface area contributed by atoms with E-state index < -0.39 is 0 Å². The summed E-state index contributed by atoms with van der Waals surface area (Å²) in [4.78, 5) is 18.6. The minimum absolute atomic E-state index is 0. The molecule has 0 spiro atoms. The first-order valence-electron chi connectivity index (χ1n) is 9.19. The van der Waals surface area contributed by atoms with Crippen LogP contribution in [-0.2, 0) is 24.2 Å². The van der Waals surface area contributed by atoms with Gasteiger partial charge in [0.2, 0.25) is 5.91 Å². The third-order valence-corrected chi connectivity index (χ3v) is 4.99. The van der Waals surface area contributed by atoms with Crippen LogP contribution in [-0.4, -0.2) is 43.4 Å². The van der Waals surface area contributed by atoms with Crippen molar-refractivity contribution in [3.05, 3.63) is 70.2 Å².